The lowest BCUT2D eigenvalue weighted by Gasteiger charge is -2.12. The highest BCUT2D eigenvalue weighted by molar-refractivity contribution is 7.14. The molecule has 0 aliphatic heterocycles. The minimum absolute atomic E-state index is 0.0399. The predicted molar refractivity (Wildman–Crippen MR) is 111 cm³/mol. The normalized spacial score (nSPS) is 10.4. The van der Waals surface area contributed by atoms with Gasteiger partial charge in [-0.1, -0.05) is 17.7 Å². The van der Waals surface area contributed by atoms with Crippen molar-refractivity contribution in [3.63, 3.8) is 0 Å². The Morgan fingerprint density at radius 3 is 2.61 bits per heavy atom. The average molecular weight is 438 g/mol. The van der Waals surface area contributed by atoms with Gasteiger partial charge in [-0.2, -0.15) is 0 Å². The second-order valence-electron chi connectivity index (χ2n) is 5.49. The van der Waals surface area contributed by atoms with E-state index in [-0.39, 0.29) is 18.2 Å². The molecular formula is C18H16ClN3O4S2. The topological polar surface area (TPSA) is 89.5 Å². The van der Waals surface area contributed by atoms with Crippen molar-refractivity contribution in [2.45, 2.75) is 6.42 Å². The van der Waals surface area contributed by atoms with Crippen LogP contribution in [0.2, 0.25) is 5.02 Å². The number of methoxy groups -OCH3 is 2. The molecule has 0 aliphatic rings. The molecule has 2 aromatic heterocycles. The van der Waals surface area contributed by atoms with Gasteiger partial charge < -0.3 is 14.8 Å². The molecule has 1 aromatic carbocycles. The largest absolute Gasteiger partial charge is 0.495 e. The van der Waals surface area contributed by atoms with Crippen LogP contribution < -0.4 is 20.1 Å². The molecule has 2 N–H and O–H groups in total. The van der Waals surface area contributed by atoms with Gasteiger partial charge in [0.05, 0.1) is 41.9 Å². The first kappa shape index (κ1) is 20.1. The fourth-order valence-corrected chi connectivity index (χ4v) is 3.89. The molecule has 10 heteroatoms. The Bertz CT molecular complexity index is 989. The van der Waals surface area contributed by atoms with E-state index in [1.54, 1.807) is 29.6 Å². The number of rotatable bonds is 7. The number of nitrogens with zero attached hydrogens (tertiary/aromatic N) is 1. The summed E-state index contributed by atoms with van der Waals surface area (Å²) in [5, 5.41) is 9.81. The highest BCUT2D eigenvalue weighted by Crippen LogP contribution is 2.36. The number of thiazole rings is 1. The summed E-state index contributed by atoms with van der Waals surface area (Å²) in [4.78, 5) is 29.3. The van der Waals surface area contributed by atoms with Crippen molar-refractivity contribution in [3.8, 4) is 11.5 Å². The number of carbonyl (C=O) groups excluding carboxylic acids is 2. The number of halogens is 1. The summed E-state index contributed by atoms with van der Waals surface area (Å²) in [6.45, 7) is 0. The molecule has 0 saturated carbocycles. The quantitative estimate of drug-likeness (QED) is 0.575. The van der Waals surface area contributed by atoms with Crippen molar-refractivity contribution in [1.29, 1.82) is 0 Å². The number of aromatic nitrogens is 1. The van der Waals surface area contributed by atoms with Crippen LogP contribution in [0.5, 0.6) is 11.5 Å². The highest BCUT2D eigenvalue weighted by atomic mass is 35.5. The van der Waals surface area contributed by atoms with Crippen LogP contribution in [0.1, 0.15) is 15.4 Å². The SMILES string of the molecule is COc1cc(OC)c(NC(=O)Cc2csc(NC(=O)c3cccs3)n2)cc1Cl. The van der Waals surface area contributed by atoms with Crippen LogP contribution in [0, 0.1) is 0 Å². The lowest BCUT2D eigenvalue weighted by atomic mass is 10.2. The Labute approximate surface area is 174 Å². The summed E-state index contributed by atoms with van der Waals surface area (Å²) in [6, 6.07) is 6.69. The Morgan fingerprint density at radius 1 is 1.14 bits per heavy atom. The van der Waals surface area contributed by atoms with Crippen molar-refractivity contribution in [1.82, 2.24) is 4.98 Å². The molecular weight excluding hydrogens is 422 g/mol. The zero-order chi connectivity index (χ0) is 20.1. The zero-order valence-electron chi connectivity index (χ0n) is 14.9. The number of nitrogens with one attached hydrogen (secondary N) is 2. The van der Waals surface area contributed by atoms with Gasteiger partial charge >= 0.3 is 0 Å². The van der Waals surface area contributed by atoms with E-state index in [1.807, 2.05) is 5.38 Å². The summed E-state index contributed by atoms with van der Waals surface area (Å²) < 4.78 is 10.4. The highest BCUT2D eigenvalue weighted by Gasteiger charge is 2.15. The molecule has 146 valence electrons. The number of anilines is 2. The molecule has 0 saturated heterocycles. The number of ether oxygens (including phenoxy) is 2. The number of carbonyl (C=O) groups is 2. The summed E-state index contributed by atoms with van der Waals surface area (Å²) in [7, 11) is 2.98. The monoisotopic (exact) mass is 437 g/mol. The van der Waals surface area contributed by atoms with Crippen LogP contribution >= 0.6 is 34.3 Å². The maximum atomic E-state index is 12.4. The van der Waals surface area contributed by atoms with Crippen molar-refractivity contribution in [2.75, 3.05) is 24.9 Å². The second kappa shape index (κ2) is 9.05. The van der Waals surface area contributed by atoms with Crippen molar-refractivity contribution in [3.05, 3.63) is 50.6 Å². The third-order valence-corrected chi connectivity index (χ3v) is 5.58. The molecule has 0 atom stereocenters. The molecule has 28 heavy (non-hydrogen) atoms. The minimum Gasteiger partial charge on any atom is -0.495 e. The van der Waals surface area contributed by atoms with Crippen LogP contribution in [0.15, 0.2) is 35.0 Å². The first-order chi connectivity index (χ1) is 13.5. The minimum atomic E-state index is -0.291. The molecule has 0 fully saturated rings. The van der Waals surface area contributed by atoms with Gasteiger partial charge in [0.15, 0.2) is 5.13 Å². The van der Waals surface area contributed by atoms with E-state index in [2.05, 4.69) is 15.6 Å². The average Bonchev–Trinajstić information content (AvgIpc) is 3.34. The van der Waals surface area contributed by atoms with Gasteiger partial charge in [0, 0.05) is 11.4 Å². The number of benzene rings is 1. The Kier molecular flexibility index (Phi) is 6.50. The van der Waals surface area contributed by atoms with Crippen molar-refractivity contribution in [2.24, 2.45) is 0 Å². The molecule has 2 heterocycles. The lowest BCUT2D eigenvalue weighted by molar-refractivity contribution is -0.115. The van der Waals surface area contributed by atoms with Crippen LogP contribution in [-0.2, 0) is 11.2 Å². The maximum Gasteiger partial charge on any atom is 0.267 e. The lowest BCUT2D eigenvalue weighted by Crippen LogP contribution is -2.15. The number of thiophene rings is 1. The van der Waals surface area contributed by atoms with Crippen LogP contribution in [-0.4, -0.2) is 31.0 Å². The summed E-state index contributed by atoms with van der Waals surface area (Å²) in [5.41, 5.74) is 0.974. The summed E-state index contributed by atoms with van der Waals surface area (Å²) in [5.74, 6) is 0.359. The van der Waals surface area contributed by atoms with Crippen LogP contribution in [0.25, 0.3) is 0 Å². The summed E-state index contributed by atoms with van der Waals surface area (Å²) >= 11 is 8.72. The van der Waals surface area contributed by atoms with E-state index in [0.717, 1.165) is 0 Å². The first-order valence-electron chi connectivity index (χ1n) is 8.00. The van der Waals surface area contributed by atoms with Gasteiger partial charge in [-0.3, -0.25) is 14.9 Å². The molecule has 2 amide bonds. The van der Waals surface area contributed by atoms with Gasteiger partial charge in [-0.15, -0.1) is 22.7 Å². The molecule has 0 unspecified atom stereocenters. The number of amides is 2. The molecule has 0 radical (unpaired) electrons. The standard InChI is InChI=1S/C18H16ClN3O4S2/c1-25-13-8-14(26-2)12(7-11(13)19)21-16(23)6-10-9-28-18(20-10)22-17(24)15-4-3-5-27-15/h3-5,7-9H,6H2,1-2H3,(H,21,23)(H,20,22,24). The van der Waals surface area contributed by atoms with Crippen molar-refractivity contribution < 1.29 is 19.1 Å². The van der Waals surface area contributed by atoms with E-state index >= 15 is 0 Å². The van der Waals surface area contributed by atoms with Gasteiger partial charge in [0.25, 0.3) is 5.91 Å². The first-order valence-corrected chi connectivity index (χ1v) is 10.1. The third-order valence-electron chi connectivity index (χ3n) is 3.61. The Morgan fingerprint density at radius 2 is 1.93 bits per heavy atom. The molecule has 0 bridgehead atoms. The smallest absolute Gasteiger partial charge is 0.267 e. The number of hydrogen-bond acceptors (Lipinski definition) is 7. The number of hydrogen-bond donors (Lipinski definition) is 2. The molecule has 3 rings (SSSR count). The molecule has 0 aliphatic carbocycles. The maximum absolute atomic E-state index is 12.4. The van der Waals surface area contributed by atoms with Crippen LogP contribution in [0.3, 0.4) is 0 Å². The van der Waals surface area contributed by atoms with E-state index in [9.17, 15) is 9.59 Å². The van der Waals surface area contributed by atoms with Gasteiger partial charge in [-0.05, 0) is 17.5 Å². The molecule has 7 nitrogen and oxygen atoms in total. The van der Waals surface area contributed by atoms with Gasteiger partial charge in [0.2, 0.25) is 5.91 Å². The molecule has 3 aromatic rings. The van der Waals surface area contributed by atoms with Crippen molar-refractivity contribution >= 4 is 56.9 Å². The van der Waals surface area contributed by atoms with E-state index in [0.29, 0.717) is 37.9 Å². The Hall–Kier alpha value is -2.62. The van der Waals surface area contributed by atoms with E-state index < -0.39 is 0 Å². The third kappa shape index (κ3) is 4.80. The fraction of sp³-hybridized carbons (Fsp3) is 0.167. The second-order valence-corrected chi connectivity index (χ2v) is 7.70. The van der Waals surface area contributed by atoms with Gasteiger partial charge in [-0.25, -0.2) is 4.98 Å². The van der Waals surface area contributed by atoms with Crippen LogP contribution in [0.4, 0.5) is 10.8 Å². The molecule has 0 spiro atoms. The van der Waals surface area contributed by atoms with E-state index in [4.69, 9.17) is 21.1 Å². The summed E-state index contributed by atoms with van der Waals surface area (Å²) in [6.07, 6.45) is 0.0399. The van der Waals surface area contributed by atoms with Gasteiger partial charge in [0.1, 0.15) is 11.5 Å². The zero-order valence-corrected chi connectivity index (χ0v) is 17.3. The Balaban J connectivity index is 1.63. The fourth-order valence-electron chi connectivity index (χ4n) is 2.33. The predicted octanol–water partition coefficient (Wildman–Crippen LogP) is 4.31. The van der Waals surface area contributed by atoms with E-state index in [1.165, 1.54) is 36.9 Å².